The highest BCUT2D eigenvalue weighted by Crippen LogP contribution is 2.20. The van der Waals surface area contributed by atoms with Gasteiger partial charge in [0, 0.05) is 31.6 Å². The minimum atomic E-state index is -0.596. The fourth-order valence-corrected chi connectivity index (χ4v) is 2.56. The number of ether oxygens (including phenoxy) is 1. The molecule has 6 heteroatoms. The van der Waals surface area contributed by atoms with Crippen molar-refractivity contribution in [3.8, 4) is 5.75 Å². The number of amides is 1. The maximum atomic E-state index is 12.5. The van der Waals surface area contributed by atoms with Gasteiger partial charge in [0.25, 0.3) is 5.91 Å². The minimum Gasteiger partial charge on any atom is -0.497 e. The summed E-state index contributed by atoms with van der Waals surface area (Å²) in [5, 5.41) is 0.677. The molecule has 1 aliphatic rings. The molecule has 1 amide bonds. The SMILES string of the molecule is COc1ccc2oc(=O)c(C(=O)N3CCN(C)CC3)cc2c1. The fraction of sp³-hybridized carbons (Fsp3) is 0.375. The number of methoxy groups -OCH3 is 1. The molecule has 2 aromatic rings. The van der Waals surface area contributed by atoms with Crippen LogP contribution in [0.1, 0.15) is 10.4 Å². The van der Waals surface area contributed by atoms with Gasteiger partial charge in [0.2, 0.25) is 0 Å². The summed E-state index contributed by atoms with van der Waals surface area (Å²) in [4.78, 5) is 28.5. The quantitative estimate of drug-likeness (QED) is 0.780. The van der Waals surface area contributed by atoms with Crippen LogP contribution in [0.2, 0.25) is 0 Å². The van der Waals surface area contributed by atoms with Crippen molar-refractivity contribution in [2.45, 2.75) is 0 Å². The van der Waals surface area contributed by atoms with Gasteiger partial charge in [0.1, 0.15) is 16.9 Å². The second-order valence-corrected chi connectivity index (χ2v) is 5.45. The average molecular weight is 302 g/mol. The zero-order chi connectivity index (χ0) is 15.7. The number of nitrogens with zero attached hydrogens (tertiary/aromatic N) is 2. The number of likely N-dealkylation sites (N-methyl/N-ethyl adjacent to an activating group) is 1. The normalized spacial score (nSPS) is 16.0. The maximum absolute atomic E-state index is 12.5. The van der Waals surface area contributed by atoms with Crippen LogP contribution in [0, 0.1) is 0 Å². The molecule has 1 saturated heterocycles. The zero-order valence-electron chi connectivity index (χ0n) is 12.7. The molecule has 22 heavy (non-hydrogen) atoms. The van der Waals surface area contributed by atoms with Crippen molar-refractivity contribution in [3.05, 3.63) is 40.2 Å². The lowest BCUT2D eigenvalue weighted by Crippen LogP contribution is -2.48. The molecule has 116 valence electrons. The third-order valence-corrected chi connectivity index (χ3v) is 3.96. The van der Waals surface area contributed by atoms with Crippen LogP contribution < -0.4 is 10.4 Å². The van der Waals surface area contributed by atoms with Crippen LogP contribution in [0.25, 0.3) is 11.0 Å². The van der Waals surface area contributed by atoms with Crippen molar-refractivity contribution >= 4 is 16.9 Å². The van der Waals surface area contributed by atoms with Crippen molar-refractivity contribution in [2.24, 2.45) is 0 Å². The van der Waals surface area contributed by atoms with Gasteiger partial charge < -0.3 is 19.0 Å². The van der Waals surface area contributed by atoms with E-state index in [2.05, 4.69) is 4.90 Å². The molecule has 2 heterocycles. The molecule has 0 bridgehead atoms. The van der Waals surface area contributed by atoms with Crippen LogP contribution in [0.15, 0.2) is 33.5 Å². The lowest BCUT2D eigenvalue weighted by molar-refractivity contribution is 0.0660. The lowest BCUT2D eigenvalue weighted by atomic mass is 10.1. The molecular weight excluding hydrogens is 284 g/mol. The third kappa shape index (κ3) is 2.69. The van der Waals surface area contributed by atoms with Gasteiger partial charge in [-0.2, -0.15) is 0 Å². The molecule has 0 radical (unpaired) electrons. The van der Waals surface area contributed by atoms with E-state index >= 15 is 0 Å². The van der Waals surface area contributed by atoms with Crippen molar-refractivity contribution in [3.63, 3.8) is 0 Å². The number of hydrogen-bond donors (Lipinski definition) is 0. The van der Waals surface area contributed by atoms with E-state index in [-0.39, 0.29) is 11.5 Å². The third-order valence-electron chi connectivity index (χ3n) is 3.96. The van der Waals surface area contributed by atoms with Gasteiger partial charge in [-0.1, -0.05) is 0 Å². The van der Waals surface area contributed by atoms with Crippen LogP contribution in [0.3, 0.4) is 0 Å². The lowest BCUT2D eigenvalue weighted by Gasteiger charge is -2.32. The van der Waals surface area contributed by atoms with E-state index in [0.717, 1.165) is 13.1 Å². The second-order valence-electron chi connectivity index (χ2n) is 5.45. The van der Waals surface area contributed by atoms with Crippen molar-refractivity contribution in [1.82, 2.24) is 9.80 Å². The summed E-state index contributed by atoms with van der Waals surface area (Å²) in [6, 6.07) is 6.72. The fourth-order valence-electron chi connectivity index (χ4n) is 2.56. The predicted octanol–water partition coefficient (Wildman–Crippen LogP) is 1.19. The highest BCUT2D eigenvalue weighted by atomic mass is 16.5. The van der Waals surface area contributed by atoms with Crippen LogP contribution in [-0.4, -0.2) is 56.0 Å². The van der Waals surface area contributed by atoms with Gasteiger partial charge in [-0.3, -0.25) is 4.79 Å². The topological polar surface area (TPSA) is 63.0 Å². The minimum absolute atomic E-state index is 0.0744. The second kappa shape index (κ2) is 5.81. The molecule has 0 aliphatic carbocycles. The molecule has 1 aromatic heterocycles. The van der Waals surface area contributed by atoms with E-state index in [1.165, 1.54) is 0 Å². The molecular formula is C16H18N2O4. The van der Waals surface area contributed by atoms with E-state index < -0.39 is 5.63 Å². The number of piperazine rings is 1. The van der Waals surface area contributed by atoms with E-state index in [0.29, 0.717) is 29.8 Å². The first-order valence-electron chi connectivity index (χ1n) is 7.18. The Labute approximate surface area is 127 Å². The first-order valence-corrected chi connectivity index (χ1v) is 7.18. The van der Waals surface area contributed by atoms with Crippen LogP contribution >= 0.6 is 0 Å². The predicted molar refractivity (Wildman–Crippen MR) is 82.4 cm³/mol. The Hall–Kier alpha value is -2.34. The smallest absolute Gasteiger partial charge is 0.349 e. The van der Waals surface area contributed by atoms with Gasteiger partial charge in [-0.05, 0) is 31.3 Å². The summed E-state index contributed by atoms with van der Waals surface area (Å²) in [5.74, 6) is 0.380. The van der Waals surface area contributed by atoms with Crippen LogP contribution in [0.4, 0.5) is 0 Å². The number of fused-ring (bicyclic) bond motifs is 1. The number of hydrogen-bond acceptors (Lipinski definition) is 5. The number of carbonyl (C=O) groups excluding carboxylic acids is 1. The van der Waals surface area contributed by atoms with E-state index in [9.17, 15) is 9.59 Å². The Morgan fingerprint density at radius 3 is 2.59 bits per heavy atom. The highest BCUT2D eigenvalue weighted by Gasteiger charge is 2.23. The van der Waals surface area contributed by atoms with Crippen molar-refractivity contribution in [2.75, 3.05) is 40.3 Å². The first kappa shape index (κ1) is 14.6. The summed E-state index contributed by atoms with van der Waals surface area (Å²) < 4.78 is 10.4. The molecule has 1 aromatic carbocycles. The molecule has 0 atom stereocenters. The number of benzene rings is 1. The number of rotatable bonds is 2. The average Bonchev–Trinajstić information content (AvgIpc) is 2.54. The Morgan fingerprint density at radius 1 is 1.18 bits per heavy atom. The highest BCUT2D eigenvalue weighted by molar-refractivity contribution is 5.96. The maximum Gasteiger partial charge on any atom is 0.349 e. The zero-order valence-corrected chi connectivity index (χ0v) is 12.7. The molecule has 1 aliphatic heterocycles. The van der Waals surface area contributed by atoms with E-state index in [4.69, 9.17) is 9.15 Å². The van der Waals surface area contributed by atoms with E-state index in [1.54, 1.807) is 36.3 Å². The van der Waals surface area contributed by atoms with Gasteiger partial charge in [-0.25, -0.2) is 4.79 Å². The van der Waals surface area contributed by atoms with Gasteiger partial charge >= 0.3 is 5.63 Å². The van der Waals surface area contributed by atoms with Crippen LogP contribution in [0.5, 0.6) is 5.75 Å². The standard InChI is InChI=1S/C16H18N2O4/c1-17-5-7-18(8-6-17)15(19)13-10-11-9-12(21-2)3-4-14(11)22-16(13)20/h3-4,9-10H,5-8H2,1-2H3. The van der Waals surface area contributed by atoms with Crippen molar-refractivity contribution < 1.29 is 13.9 Å². The monoisotopic (exact) mass is 302 g/mol. The summed E-state index contributed by atoms with van der Waals surface area (Å²) in [6.07, 6.45) is 0. The van der Waals surface area contributed by atoms with Gasteiger partial charge in [0.05, 0.1) is 7.11 Å². The van der Waals surface area contributed by atoms with Crippen LogP contribution in [-0.2, 0) is 0 Å². The Bertz CT molecular complexity index is 760. The summed E-state index contributed by atoms with van der Waals surface area (Å²) >= 11 is 0. The molecule has 0 spiro atoms. The van der Waals surface area contributed by atoms with Gasteiger partial charge in [0.15, 0.2) is 0 Å². The Kier molecular flexibility index (Phi) is 3.85. The number of carbonyl (C=O) groups is 1. The summed E-state index contributed by atoms with van der Waals surface area (Å²) in [7, 11) is 3.58. The molecule has 0 unspecified atom stereocenters. The Morgan fingerprint density at radius 2 is 1.91 bits per heavy atom. The Balaban J connectivity index is 1.97. The molecule has 3 rings (SSSR count). The summed E-state index contributed by atoms with van der Waals surface area (Å²) in [5.41, 5.74) is -0.0763. The largest absolute Gasteiger partial charge is 0.497 e. The molecule has 0 saturated carbocycles. The molecule has 6 nitrogen and oxygen atoms in total. The van der Waals surface area contributed by atoms with Gasteiger partial charge in [-0.15, -0.1) is 0 Å². The molecule has 0 N–H and O–H groups in total. The van der Waals surface area contributed by atoms with E-state index in [1.807, 2.05) is 7.05 Å². The summed E-state index contributed by atoms with van der Waals surface area (Å²) in [6.45, 7) is 2.84. The van der Waals surface area contributed by atoms with Crippen molar-refractivity contribution in [1.29, 1.82) is 0 Å². The first-order chi connectivity index (χ1) is 10.6. The molecule has 1 fully saturated rings.